The minimum Gasteiger partial charge on any atom is -0.493 e. The van der Waals surface area contributed by atoms with Gasteiger partial charge in [-0.2, -0.15) is 5.10 Å². The Labute approximate surface area is 161 Å². The fraction of sp³-hybridized carbons (Fsp3) is 0.364. The molecule has 0 radical (unpaired) electrons. The number of nitrogens with zero attached hydrogens (tertiary/aromatic N) is 1. The van der Waals surface area contributed by atoms with Gasteiger partial charge in [0, 0.05) is 13.3 Å². The molecule has 1 amide bonds. The van der Waals surface area contributed by atoms with Gasteiger partial charge in [-0.05, 0) is 47.7 Å². The van der Waals surface area contributed by atoms with Crippen molar-refractivity contribution in [3.8, 4) is 11.5 Å². The van der Waals surface area contributed by atoms with Crippen LogP contribution in [0.1, 0.15) is 50.7 Å². The van der Waals surface area contributed by atoms with Crippen LogP contribution in [-0.2, 0) is 4.79 Å². The van der Waals surface area contributed by atoms with Crippen LogP contribution >= 0.6 is 0 Å². The maximum atomic E-state index is 10.8. The van der Waals surface area contributed by atoms with E-state index in [0.29, 0.717) is 19.1 Å². The van der Waals surface area contributed by atoms with Gasteiger partial charge in [-0.25, -0.2) is 5.43 Å². The number of carbonyl (C=O) groups excluding carboxylic acids is 1. The summed E-state index contributed by atoms with van der Waals surface area (Å²) in [6.45, 7) is 7.01. The molecule has 5 heteroatoms. The summed E-state index contributed by atoms with van der Waals surface area (Å²) >= 11 is 0. The Balaban J connectivity index is 1.71. The zero-order valence-corrected chi connectivity index (χ0v) is 16.3. The van der Waals surface area contributed by atoms with E-state index in [1.807, 2.05) is 36.4 Å². The summed E-state index contributed by atoms with van der Waals surface area (Å²) in [5.41, 5.74) is 4.58. The van der Waals surface area contributed by atoms with E-state index >= 15 is 0 Å². The van der Waals surface area contributed by atoms with Crippen molar-refractivity contribution in [3.63, 3.8) is 0 Å². The zero-order chi connectivity index (χ0) is 19.5. The molecule has 0 spiro atoms. The molecular weight excluding hydrogens is 340 g/mol. The lowest BCUT2D eigenvalue weighted by molar-refractivity contribution is -0.118. The van der Waals surface area contributed by atoms with Gasteiger partial charge in [0.15, 0.2) is 0 Å². The van der Waals surface area contributed by atoms with Crippen molar-refractivity contribution in [1.29, 1.82) is 0 Å². The number of hydrogen-bond acceptors (Lipinski definition) is 4. The molecule has 0 aromatic heterocycles. The highest BCUT2D eigenvalue weighted by atomic mass is 16.5. The van der Waals surface area contributed by atoms with Crippen LogP contribution in [-0.4, -0.2) is 25.3 Å². The first kappa shape index (κ1) is 20.5. The topological polar surface area (TPSA) is 59.9 Å². The van der Waals surface area contributed by atoms with Crippen molar-refractivity contribution >= 4 is 12.1 Å². The number of hydrazone groups is 1. The lowest BCUT2D eigenvalue weighted by atomic mass is 9.99. The Morgan fingerprint density at radius 1 is 1.11 bits per heavy atom. The molecule has 0 fully saturated rings. The molecule has 0 aliphatic carbocycles. The quantitative estimate of drug-likeness (QED) is 0.381. The van der Waals surface area contributed by atoms with Crippen LogP contribution in [0.3, 0.4) is 0 Å². The molecule has 0 heterocycles. The van der Waals surface area contributed by atoms with E-state index in [1.165, 1.54) is 12.5 Å². The molecule has 144 valence electrons. The van der Waals surface area contributed by atoms with Crippen molar-refractivity contribution in [2.45, 2.75) is 39.5 Å². The van der Waals surface area contributed by atoms with Crippen molar-refractivity contribution in [3.05, 3.63) is 59.7 Å². The fourth-order valence-electron chi connectivity index (χ4n) is 2.45. The second kappa shape index (κ2) is 11.0. The zero-order valence-electron chi connectivity index (χ0n) is 16.3. The first-order valence-corrected chi connectivity index (χ1v) is 9.33. The number of carbonyl (C=O) groups is 1. The number of benzene rings is 2. The van der Waals surface area contributed by atoms with Crippen LogP contribution in [0.4, 0.5) is 0 Å². The van der Waals surface area contributed by atoms with Gasteiger partial charge in [-0.3, -0.25) is 4.79 Å². The summed E-state index contributed by atoms with van der Waals surface area (Å²) in [4.78, 5) is 10.8. The SMILES string of the molecule is CC[C@H](C)c1ccc(OCCCOc2cccc(/C=N\NC(C)=O)c2)cc1. The normalized spacial score (nSPS) is 12.0. The molecule has 2 aromatic carbocycles. The van der Waals surface area contributed by atoms with Crippen LogP contribution in [0.15, 0.2) is 53.6 Å². The number of hydrogen-bond donors (Lipinski definition) is 1. The van der Waals surface area contributed by atoms with Gasteiger partial charge in [0.1, 0.15) is 11.5 Å². The molecule has 0 bridgehead atoms. The molecule has 5 nitrogen and oxygen atoms in total. The van der Waals surface area contributed by atoms with Crippen molar-refractivity contribution in [1.82, 2.24) is 5.43 Å². The predicted molar refractivity (Wildman–Crippen MR) is 109 cm³/mol. The van der Waals surface area contributed by atoms with Gasteiger partial charge in [0.25, 0.3) is 0 Å². The molecule has 2 rings (SSSR count). The van der Waals surface area contributed by atoms with Gasteiger partial charge in [0.05, 0.1) is 19.4 Å². The van der Waals surface area contributed by atoms with Gasteiger partial charge >= 0.3 is 0 Å². The summed E-state index contributed by atoms with van der Waals surface area (Å²) in [6.07, 6.45) is 3.51. The van der Waals surface area contributed by atoms with Crippen LogP contribution in [0.2, 0.25) is 0 Å². The van der Waals surface area contributed by atoms with E-state index in [2.05, 4.69) is 36.5 Å². The lowest BCUT2D eigenvalue weighted by Gasteiger charge is -2.11. The van der Waals surface area contributed by atoms with Crippen molar-refractivity contribution in [2.75, 3.05) is 13.2 Å². The van der Waals surface area contributed by atoms with Crippen LogP contribution in [0.5, 0.6) is 11.5 Å². The van der Waals surface area contributed by atoms with Gasteiger partial charge in [-0.1, -0.05) is 38.1 Å². The second-order valence-corrected chi connectivity index (χ2v) is 6.43. The third-order valence-corrected chi connectivity index (χ3v) is 4.18. The van der Waals surface area contributed by atoms with Gasteiger partial charge < -0.3 is 9.47 Å². The number of ether oxygens (including phenoxy) is 2. The molecule has 0 unspecified atom stereocenters. The fourth-order valence-corrected chi connectivity index (χ4v) is 2.45. The molecule has 0 saturated carbocycles. The van der Waals surface area contributed by atoms with E-state index in [0.717, 1.165) is 29.9 Å². The van der Waals surface area contributed by atoms with E-state index in [-0.39, 0.29) is 5.91 Å². The summed E-state index contributed by atoms with van der Waals surface area (Å²) in [5, 5.41) is 3.85. The smallest absolute Gasteiger partial charge is 0.236 e. The van der Waals surface area contributed by atoms with Crippen molar-refractivity contribution in [2.24, 2.45) is 5.10 Å². The minimum absolute atomic E-state index is 0.201. The van der Waals surface area contributed by atoms with Crippen LogP contribution in [0.25, 0.3) is 0 Å². The molecular formula is C22H28N2O3. The average molecular weight is 368 g/mol. The standard InChI is InChI=1S/C22H28N2O3/c1-4-17(2)20-9-11-21(12-10-20)26-13-6-14-27-22-8-5-7-19(15-22)16-23-24-18(3)25/h5,7-12,15-17H,4,6,13-14H2,1-3H3,(H,24,25)/b23-16-/t17-/m0/s1. The average Bonchev–Trinajstić information content (AvgIpc) is 2.67. The van der Waals surface area contributed by atoms with Gasteiger partial charge in [0.2, 0.25) is 5.91 Å². The molecule has 0 aliphatic heterocycles. The highest BCUT2D eigenvalue weighted by Gasteiger charge is 2.03. The van der Waals surface area contributed by atoms with E-state index in [9.17, 15) is 4.79 Å². The summed E-state index contributed by atoms with van der Waals surface area (Å²) in [5.74, 6) is 2.03. The van der Waals surface area contributed by atoms with Gasteiger partial charge in [-0.15, -0.1) is 0 Å². The molecule has 1 N–H and O–H groups in total. The minimum atomic E-state index is -0.201. The number of rotatable bonds is 10. The maximum absolute atomic E-state index is 10.8. The summed E-state index contributed by atoms with van der Waals surface area (Å²) < 4.78 is 11.5. The molecule has 27 heavy (non-hydrogen) atoms. The predicted octanol–water partition coefficient (Wildman–Crippen LogP) is 4.52. The van der Waals surface area contributed by atoms with Crippen LogP contribution in [0, 0.1) is 0 Å². The van der Waals surface area contributed by atoms with E-state index in [1.54, 1.807) is 6.21 Å². The van der Waals surface area contributed by atoms with Crippen molar-refractivity contribution < 1.29 is 14.3 Å². The third kappa shape index (κ3) is 7.52. The maximum Gasteiger partial charge on any atom is 0.236 e. The third-order valence-electron chi connectivity index (χ3n) is 4.18. The highest BCUT2D eigenvalue weighted by molar-refractivity contribution is 5.82. The monoisotopic (exact) mass is 368 g/mol. The van der Waals surface area contributed by atoms with E-state index < -0.39 is 0 Å². The highest BCUT2D eigenvalue weighted by Crippen LogP contribution is 2.21. The molecule has 0 aliphatic rings. The molecule has 2 aromatic rings. The Bertz CT molecular complexity index is 741. The Morgan fingerprint density at radius 2 is 1.81 bits per heavy atom. The van der Waals surface area contributed by atoms with Crippen LogP contribution < -0.4 is 14.9 Å². The Kier molecular flexibility index (Phi) is 8.36. The summed E-state index contributed by atoms with van der Waals surface area (Å²) in [7, 11) is 0. The Morgan fingerprint density at radius 3 is 2.48 bits per heavy atom. The van der Waals surface area contributed by atoms with E-state index in [4.69, 9.17) is 9.47 Å². The molecule has 0 saturated heterocycles. The number of nitrogens with one attached hydrogen (secondary N) is 1. The lowest BCUT2D eigenvalue weighted by Crippen LogP contribution is -2.12. The first-order valence-electron chi connectivity index (χ1n) is 9.33. The summed E-state index contributed by atoms with van der Waals surface area (Å²) in [6, 6.07) is 15.9. The molecule has 1 atom stereocenters. The number of amides is 1. The largest absolute Gasteiger partial charge is 0.493 e. The Hall–Kier alpha value is -2.82. The second-order valence-electron chi connectivity index (χ2n) is 6.43. The first-order chi connectivity index (χ1) is 13.1.